The summed E-state index contributed by atoms with van der Waals surface area (Å²) >= 11 is 0. The number of hydrogen-bond acceptors (Lipinski definition) is 13. The number of methoxy groups -OCH3 is 3. The zero-order chi connectivity index (χ0) is 45.1. The Morgan fingerprint density at radius 3 is 2.36 bits per heavy atom. The van der Waals surface area contributed by atoms with Crippen LogP contribution in [0.15, 0.2) is 42.5 Å². The lowest BCUT2D eigenvalue weighted by molar-refractivity contribution is -0.228. The first-order valence-electron chi connectivity index (χ1n) is 23.5. The van der Waals surface area contributed by atoms with E-state index in [2.05, 4.69) is 56.1 Å². The highest BCUT2D eigenvalue weighted by Crippen LogP contribution is 2.68. The molecule has 3 aromatic rings. The Morgan fingerprint density at radius 1 is 0.906 bits per heavy atom. The second kappa shape index (κ2) is 15.2. The van der Waals surface area contributed by atoms with Crippen LogP contribution in [0.1, 0.15) is 88.1 Å². The molecule has 2 unspecified atom stereocenters. The minimum absolute atomic E-state index is 0.108. The summed E-state index contributed by atoms with van der Waals surface area (Å²) in [7, 11) is 6.21. The normalized spacial score (nSPS) is 36.3. The molecule has 14 nitrogen and oxygen atoms in total. The van der Waals surface area contributed by atoms with Crippen LogP contribution in [0.3, 0.4) is 0 Å². The van der Waals surface area contributed by atoms with Crippen LogP contribution in [0.5, 0.6) is 5.75 Å². The number of esters is 3. The summed E-state index contributed by atoms with van der Waals surface area (Å²) in [6.07, 6.45) is 8.25. The van der Waals surface area contributed by atoms with Crippen molar-refractivity contribution in [2.24, 2.45) is 11.3 Å². The molecule has 10 atom stereocenters. The second-order valence-corrected chi connectivity index (χ2v) is 20.1. The van der Waals surface area contributed by atoms with Gasteiger partial charge in [0, 0.05) is 110 Å². The summed E-state index contributed by atoms with van der Waals surface area (Å²) in [6.45, 7) is 10.6. The molecular formula is C50H65N5O9. The highest BCUT2D eigenvalue weighted by atomic mass is 16.6. The average Bonchev–Trinajstić information content (AvgIpc) is 4.10. The van der Waals surface area contributed by atoms with Crippen LogP contribution in [-0.4, -0.2) is 146 Å². The van der Waals surface area contributed by atoms with E-state index >= 15 is 4.79 Å². The molecule has 1 aromatic heterocycles. The van der Waals surface area contributed by atoms with Gasteiger partial charge < -0.3 is 43.9 Å². The van der Waals surface area contributed by atoms with Crippen molar-refractivity contribution in [1.82, 2.24) is 14.8 Å². The molecule has 7 heterocycles. The molecule has 0 amide bonds. The van der Waals surface area contributed by atoms with Crippen molar-refractivity contribution in [3.63, 3.8) is 0 Å². The zero-order valence-electron chi connectivity index (χ0n) is 38.5. The van der Waals surface area contributed by atoms with Crippen LogP contribution in [0, 0.1) is 11.3 Å². The zero-order valence-corrected chi connectivity index (χ0v) is 38.5. The Morgan fingerprint density at radius 2 is 1.67 bits per heavy atom. The third kappa shape index (κ3) is 5.73. The number of anilines is 2. The summed E-state index contributed by atoms with van der Waals surface area (Å²) in [5, 5.41) is 26.6. The topological polar surface area (TPSA) is 157 Å². The Hall–Kier alpha value is -4.63. The molecule has 1 aliphatic carbocycles. The monoisotopic (exact) mass is 879 g/mol. The molecular weight excluding hydrogens is 815 g/mol. The number of carbonyl (C=O) groups excluding carboxylic acids is 3. The predicted molar refractivity (Wildman–Crippen MR) is 242 cm³/mol. The average molecular weight is 880 g/mol. The maximum absolute atomic E-state index is 15.6. The van der Waals surface area contributed by atoms with Gasteiger partial charge in [0.15, 0.2) is 6.10 Å². The number of ether oxygens (including phenoxy) is 4. The standard InChI is InChI=1S/C50H65N5O9/c1-8-46(59)26-31-27-49(44(57)62-6,40-33(15-21-53(28-31)29-46)34-23-32(13-14-37(34)51-40)54-18-10-11-19-54)36-24-35-38(25-39(36)61-5)52(4)42-48(35)17-22-55-20-12-16-47(9-2,41(48)55)43(64-30(3)56)50(42,60)45(58)63-7/h12-14,16,23-25,31,41-43,51,59-60H,8-11,15,17-22,26-29H2,1-7H3/t31-,41+,42?,43-,46+,47-,48-,49+,50+/m1/s1. The summed E-state index contributed by atoms with van der Waals surface area (Å²) in [5.74, 6) is -1.55. The number of hydrogen-bond donors (Lipinski definition) is 3. The molecule has 2 aromatic carbocycles. The molecule has 6 aliphatic heterocycles. The van der Waals surface area contributed by atoms with E-state index in [1.807, 2.05) is 31.9 Å². The third-order valence-electron chi connectivity index (χ3n) is 17.1. The van der Waals surface area contributed by atoms with Crippen LogP contribution in [0.2, 0.25) is 0 Å². The number of carbonyl (C=O) groups is 3. The van der Waals surface area contributed by atoms with Gasteiger partial charge in [-0.15, -0.1) is 0 Å². The van der Waals surface area contributed by atoms with Crippen molar-refractivity contribution in [3.8, 4) is 5.75 Å². The number of nitrogens with one attached hydrogen (secondary N) is 1. The molecule has 0 radical (unpaired) electrons. The number of aromatic nitrogens is 1. The fourth-order valence-electron chi connectivity index (χ4n) is 14.7. The molecule has 344 valence electrons. The van der Waals surface area contributed by atoms with Crippen LogP contribution in [0.4, 0.5) is 11.4 Å². The van der Waals surface area contributed by atoms with E-state index in [-0.39, 0.29) is 12.0 Å². The minimum atomic E-state index is -2.31. The number of H-pyrrole nitrogens is 1. The number of aromatic amines is 1. The van der Waals surface area contributed by atoms with Crippen LogP contribution < -0.4 is 14.5 Å². The van der Waals surface area contributed by atoms with E-state index < -0.39 is 57.5 Å². The second-order valence-electron chi connectivity index (χ2n) is 20.1. The fourth-order valence-corrected chi connectivity index (χ4v) is 14.7. The quantitative estimate of drug-likeness (QED) is 0.164. The van der Waals surface area contributed by atoms with Gasteiger partial charge in [0.05, 0.1) is 33.0 Å². The molecule has 64 heavy (non-hydrogen) atoms. The van der Waals surface area contributed by atoms with E-state index in [0.717, 1.165) is 65.0 Å². The largest absolute Gasteiger partial charge is 0.496 e. The first kappa shape index (κ1) is 43.3. The van der Waals surface area contributed by atoms with Gasteiger partial charge in [-0.3, -0.25) is 19.4 Å². The van der Waals surface area contributed by atoms with Gasteiger partial charge in [0.1, 0.15) is 11.2 Å². The highest BCUT2D eigenvalue weighted by molar-refractivity contribution is 5.96. The number of aliphatic hydroxyl groups is 2. The summed E-state index contributed by atoms with van der Waals surface area (Å²) in [4.78, 5) is 56.2. The Balaban J connectivity index is 1.27. The number of rotatable bonds is 8. The number of nitrogens with zero attached hydrogens (tertiary/aromatic N) is 4. The van der Waals surface area contributed by atoms with Crippen molar-refractivity contribution in [1.29, 1.82) is 0 Å². The first-order chi connectivity index (χ1) is 30.7. The van der Waals surface area contributed by atoms with E-state index in [4.69, 9.17) is 18.9 Å². The van der Waals surface area contributed by atoms with Crippen molar-refractivity contribution >= 4 is 40.2 Å². The van der Waals surface area contributed by atoms with E-state index in [9.17, 15) is 19.8 Å². The fraction of sp³-hybridized carbons (Fsp3) is 0.620. The lowest BCUT2D eigenvalue weighted by Gasteiger charge is -2.63. The smallest absolute Gasteiger partial charge is 0.344 e. The van der Waals surface area contributed by atoms with E-state index in [0.29, 0.717) is 82.6 Å². The molecule has 7 aliphatic rings. The van der Waals surface area contributed by atoms with Gasteiger partial charge in [0.25, 0.3) is 0 Å². The van der Waals surface area contributed by atoms with Crippen molar-refractivity contribution in [3.05, 3.63) is 64.9 Å². The van der Waals surface area contributed by atoms with Crippen molar-refractivity contribution < 1.29 is 43.5 Å². The Bertz CT molecular complexity index is 2430. The number of fused-ring (bicyclic) bond motifs is 6. The maximum Gasteiger partial charge on any atom is 0.344 e. The summed E-state index contributed by atoms with van der Waals surface area (Å²) < 4.78 is 24.2. The molecule has 14 heteroatoms. The molecule has 2 bridgehead atoms. The lowest BCUT2D eigenvalue weighted by atomic mass is 9.47. The third-order valence-corrected chi connectivity index (χ3v) is 17.1. The van der Waals surface area contributed by atoms with Gasteiger partial charge in [0.2, 0.25) is 5.60 Å². The molecule has 10 rings (SSSR count). The van der Waals surface area contributed by atoms with Crippen molar-refractivity contribution in [2.75, 3.05) is 84.0 Å². The molecule has 4 fully saturated rings. The first-order valence-corrected chi connectivity index (χ1v) is 23.5. The maximum atomic E-state index is 15.6. The molecule has 1 spiro atoms. The van der Waals surface area contributed by atoms with Gasteiger partial charge in [-0.2, -0.15) is 0 Å². The van der Waals surface area contributed by atoms with Crippen LogP contribution in [0.25, 0.3) is 10.9 Å². The SMILES string of the molecule is CC[C@]1(O)C[C@H]2CN(CCc3c([nH]c4ccc(N5CCCC5)cc34)[C@@](C(=O)OC)(c3cc4c(cc3OC)N(C)C3[C@]45CCN4CC=C[C@@](CC)([C@@H](OC(C)=O)[C@]3(O)C(=O)OC)[C@H]45)C2)C1. The van der Waals surface area contributed by atoms with Crippen LogP contribution in [-0.2, 0) is 45.8 Å². The van der Waals surface area contributed by atoms with Gasteiger partial charge in [-0.1, -0.05) is 26.0 Å². The summed E-state index contributed by atoms with van der Waals surface area (Å²) in [6, 6.07) is 9.45. The minimum Gasteiger partial charge on any atom is -0.496 e. The number of benzene rings is 2. The van der Waals surface area contributed by atoms with Gasteiger partial charge in [-0.05, 0) is 99.2 Å². The van der Waals surface area contributed by atoms with Gasteiger partial charge in [-0.25, -0.2) is 4.79 Å². The van der Waals surface area contributed by atoms with E-state index in [1.165, 1.54) is 21.1 Å². The molecule has 3 N–H and O–H groups in total. The lowest BCUT2D eigenvalue weighted by Crippen LogP contribution is -2.81. The van der Waals surface area contributed by atoms with Gasteiger partial charge >= 0.3 is 17.9 Å². The number of piperidine rings is 1. The molecule has 1 saturated carbocycles. The van der Waals surface area contributed by atoms with E-state index in [1.54, 1.807) is 7.11 Å². The Kier molecular flexibility index (Phi) is 10.3. The summed E-state index contributed by atoms with van der Waals surface area (Å²) in [5.41, 5.74) is -0.436. The molecule has 3 saturated heterocycles. The number of likely N-dealkylation sites (N-methyl/N-ethyl adjacent to an activating group) is 1. The Labute approximate surface area is 375 Å². The van der Waals surface area contributed by atoms with Crippen molar-refractivity contribution in [2.45, 2.75) is 112 Å². The van der Waals surface area contributed by atoms with Crippen LogP contribution >= 0.6 is 0 Å². The predicted octanol–water partition coefficient (Wildman–Crippen LogP) is 4.59. The highest BCUT2D eigenvalue weighted by Gasteiger charge is 2.80.